The van der Waals surface area contributed by atoms with Crippen molar-refractivity contribution in [1.82, 2.24) is 9.97 Å². The Labute approximate surface area is 178 Å². The predicted molar refractivity (Wildman–Crippen MR) is 120 cm³/mol. The van der Waals surface area contributed by atoms with E-state index in [-0.39, 0.29) is 11.9 Å². The first-order valence-electron chi connectivity index (χ1n) is 9.51. The first-order valence-corrected chi connectivity index (χ1v) is 9.51. The van der Waals surface area contributed by atoms with Crippen LogP contribution in [0.15, 0.2) is 60.8 Å². The van der Waals surface area contributed by atoms with Gasteiger partial charge >= 0.3 is 0 Å². The van der Waals surface area contributed by atoms with Gasteiger partial charge in [0.25, 0.3) is 5.91 Å². The van der Waals surface area contributed by atoms with Crippen LogP contribution >= 0.6 is 0 Å². The summed E-state index contributed by atoms with van der Waals surface area (Å²) in [5, 5.41) is 12.8. The van der Waals surface area contributed by atoms with Crippen LogP contribution in [-0.2, 0) is 0 Å². The number of rotatable bonds is 5. The summed E-state index contributed by atoms with van der Waals surface area (Å²) in [6, 6.07) is 16.2. The van der Waals surface area contributed by atoms with Gasteiger partial charge < -0.3 is 15.8 Å². The number of nitrogens with one attached hydrogen (secondary N) is 2. The third-order valence-electron chi connectivity index (χ3n) is 4.99. The summed E-state index contributed by atoms with van der Waals surface area (Å²) >= 11 is 0. The van der Waals surface area contributed by atoms with E-state index >= 15 is 0 Å². The lowest BCUT2D eigenvalue weighted by Gasteiger charge is -2.13. The molecule has 1 heterocycles. The molecule has 31 heavy (non-hydrogen) atoms. The second kappa shape index (κ2) is 8.29. The summed E-state index contributed by atoms with van der Waals surface area (Å²) < 4.78 is 5.30. The van der Waals surface area contributed by atoms with E-state index < -0.39 is 0 Å². The highest BCUT2D eigenvalue weighted by molar-refractivity contribution is 6.06. The van der Waals surface area contributed by atoms with E-state index in [9.17, 15) is 4.79 Å². The Hall–Kier alpha value is -4.17. The molecule has 0 bridgehead atoms. The predicted octanol–water partition coefficient (Wildman–Crippen LogP) is 4.25. The molecule has 0 spiro atoms. The summed E-state index contributed by atoms with van der Waals surface area (Å²) in [6.07, 6.45) is 1.68. The first-order chi connectivity index (χ1) is 15.0. The fraction of sp³-hybridized carbons (Fsp3) is 0.0870. The van der Waals surface area contributed by atoms with Gasteiger partial charge in [-0.05, 0) is 66.1 Å². The number of benzene rings is 3. The number of hydrogen-bond donors (Lipinski definition) is 4. The number of ether oxygens (including phenoxy) is 1. The van der Waals surface area contributed by atoms with Crippen molar-refractivity contribution in [2.24, 2.45) is 0 Å². The van der Waals surface area contributed by atoms with Crippen LogP contribution in [0.3, 0.4) is 0 Å². The molecule has 0 saturated carbocycles. The third kappa shape index (κ3) is 4.10. The van der Waals surface area contributed by atoms with E-state index in [0.29, 0.717) is 22.7 Å². The number of carbonyl (C=O) groups excluding carboxylic acids is 1. The van der Waals surface area contributed by atoms with Crippen molar-refractivity contribution in [2.75, 3.05) is 23.6 Å². The number of methoxy groups -OCH3 is 1. The van der Waals surface area contributed by atoms with Crippen LogP contribution in [0, 0.1) is 6.92 Å². The van der Waals surface area contributed by atoms with Crippen molar-refractivity contribution in [2.45, 2.75) is 6.92 Å². The normalized spacial score (nSPS) is 10.7. The topological polar surface area (TPSA) is 122 Å². The van der Waals surface area contributed by atoms with Gasteiger partial charge in [-0.2, -0.15) is 0 Å². The number of anilines is 3. The van der Waals surface area contributed by atoms with Gasteiger partial charge in [-0.25, -0.2) is 9.97 Å². The van der Waals surface area contributed by atoms with Crippen molar-refractivity contribution in [3.8, 4) is 16.9 Å². The second-order valence-electron chi connectivity index (χ2n) is 7.01. The van der Waals surface area contributed by atoms with Gasteiger partial charge in [-0.3, -0.25) is 15.5 Å². The summed E-state index contributed by atoms with van der Waals surface area (Å²) in [5.41, 5.74) is 12.7. The fourth-order valence-corrected chi connectivity index (χ4v) is 3.36. The molecule has 4 aromatic rings. The second-order valence-corrected chi connectivity index (χ2v) is 7.01. The van der Waals surface area contributed by atoms with Gasteiger partial charge in [0.15, 0.2) is 0 Å². The lowest BCUT2D eigenvalue weighted by atomic mass is 9.97. The van der Waals surface area contributed by atoms with Crippen LogP contribution in [0.4, 0.5) is 17.3 Å². The molecular formula is C23H21N5O3. The Morgan fingerprint density at radius 1 is 1.10 bits per heavy atom. The van der Waals surface area contributed by atoms with Gasteiger partial charge in [0, 0.05) is 17.1 Å². The molecule has 5 N–H and O–H groups in total. The summed E-state index contributed by atoms with van der Waals surface area (Å²) in [6.45, 7) is 1.99. The Morgan fingerprint density at radius 3 is 2.71 bits per heavy atom. The molecule has 1 amide bonds. The highest BCUT2D eigenvalue weighted by atomic mass is 16.5. The Kier molecular flexibility index (Phi) is 5.38. The van der Waals surface area contributed by atoms with E-state index in [2.05, 4.69) is 20.8 Å². The van der Waals surface area contributed by atoms with Gasteiger partial charge in [-0.1, -0.05) is 12.1 Å². The SMILES string of the molecule is COc1ccc(NO)cc1NC(=O)c1ccc(C)c(-c2ccc3nc(N)ncc3c2)c1. The number of carbonyl (C=O) groups is 1. The van der Waals surface area contributed by atoms with Crippen LogP contribution in [0.25, 0.3) is 22.0 Å². The monoisotopic (exact) mass is 415 g/mol. The zero-order chi connectivity index (χ0) is 22.0. The zero-order valence-electron chi connectivity index (χ0n) is 17.0. The Morgan fingerprint density at radius 2 is 1.94 bits per heavy atom. The molecule has 0 fully saturated rings. The van der Waals surface area contributed by atoms with E-state index in [1.54, 1.807) is 30.5 Å². The summed E-state index contributed by atoms with van der Waals surface area (Å²) in [7, 11) is 1.51. The number of amides is 1. The number of aromatic nitrogens is 2. The van der Waals surface area contributed by atoms with Crippen LogP contribution in [0.5, 0.6) is 5.75 Å². The van der Waals surface area contributed by atoms with Crippen LogP contribution in [0.2, 0.25) is 0 Å². The molecule has 8 heteroatoms. The minimum atomic E-state index is -0.300. The van der Waals surface area contributed by atoms with Crippen molar-refractivity contribution in [3.05, 3.63) is 71.9 Å². The maximum Gasteiger partial charge on any atom is 0.255 e. The molecule has 0 unspecified atom stereocenters. The van der Waals surface area contributed by atoms with E-state index in [1.165, 1.54) is 7.11 Å². The van der Waals surface area contributed by atoms with Gasteiger partial charge in [0.2, 0.25) is 5.95 Å². The molecule has 1 aromatic heterocycles. The number of fused-ring (bicyclic) bond motifs is 1. The number of hydrogen-bond acceptors (Lipinski definition) is 7. The molecule has 0 aliphatic heterocycles. The lowest BCUT2D eigenvalue weighted by Crippen LogP contribution is -2.13. The van der Waals surface area contributed by atoms with Gasteiger partial charge in [0.1, 0.15) is 5.75 Å². The molecule has 8 nitrogen and oxygen atoms in total. The molecule has 156 valence electrons. The number of aryl methyl sites for hydroxylation is 1. The standard InChI is InChI=1S/C23H21N5O3/c1-13-3-4-15(22(29)26-20-11-17(28-30)6-8-21(20)31-2)10-18(13)14-5-7-19-16(9-14)12-25-23(24)27-19/h3-12,28,30H,1-2H3,(H,26,29)(H2,24,25,27). The summed E-state index contributed by atoms with van der Waals surface area (Å²) in [4.78, 5) is 21.2. The number of nitrogen functional groups attached to an aromatic ring is 1. The molecular weight excluding hydrogens is 394 g/mol. The number of nitrogens with zero attached hydrogens (tertiary/aromatic N) is 2. The lowest BCUT2D eigenvalue weighted by molar-refractivity contribution is 0.102. The molecule has 0 aliphatic rings. The van der Waals surface area contributed by atoms with Crippen molar-refractivity contribution >= 4 is 34.1 Å². The van der Waals surface area contributed by atoms with Crippen LogP contribution in [-0.4, -0.2) is 28.2 Å². The molecule has 0 atom stereocenters. The van der Waals surface area contributed by atoms with Crippen molar-refractivity contribution in [1.29, 1.82) is 0 Å². The maximum absolute atomic E-state index is 12.9. The molecule has 0 saturated heterocycles. The smallest absolute Gasteiger partial charge is 0.255 e. The highest BCUT2D eigenvalue weighted by Crippen LogP contribution is 2.30. The Bertz CT molecular complexity index is 1290. The fourth-order valence-electron chi connectivity index (χ4n) is 3.36. The molecule has 3 aromatic carbocycles. The Balaban J connectivity index is 1.68. The average Bonchev–Trinajstić information content (AvgIpc) is 2.79. The first kappa shape index (κ1) is 20.1. The minimum Gasteiger partial charge on any atom is -0.495 e. The molecule has 0 radical (unpaired) electrons. The van der Waals surface area contributed by atoms with Crippen molar-refractivity contribution < 1.29 is 14.7 Å². The van der Waals surface area contributed by atoms with E-state index in [0.717, 1.165) is 27.6 Å². The third-order valence-corrected chi connectivity index (χ3v) is 4.99. The largest absolute Gasteiger partial charge is 0.495 e. The van der Waals surface area contributed by atoms with Gasteiger partial charge in [0.05, 0.1) is 24.0 Å². The zero-order valence-corrected chi connectivity index (χ0v) is 17.0. The van der Waals surface area contributed by atoms with Crippen LogP contribution < -0.4 is 21.3 Å². The van der Waals surface area contributed by atoms with Crippen molar-refractivity contribution in [3.63, 3.8) is 0 Å². The molecule has 0 aliphatic carbocycles. The minimum absolute atomic E-state index is 0.228. The van der Waals surface area contributed by atoms with Gasteiger partial charge in [-0.15, -0.1) is 0 Å². The maximum atomic E-state index is 12.9. The van der Waals surface area contributed by atoms with E-state index in [4.69, 9.17) is 15.7 Å². The van der Waals surface area contributed by atoms with E-state index in [1.807, 2.05) is 37.3 Å². The average molecular weight is 415 g/mol. The molecule has 4 rings (SSSR count). The highest BCUT2D eigenvalue weighted by Gasteiger charge is 2.13. The number of nitrogens with two attached hydrogens (primary N) is 1. The van der Waals surface area contributed by atoms with Crippen LogP contribution in [0.1, 0.15) is 15.9 Å². The summed E-state index contributed by atoms with van der Waals surface area (Å²) in [5.74, 6) is 0.408. The quantitative estimate of drug-likeness (QED) is 0.359.